The summed E-state index contributed by atoms with van der Waals surface area (Å²) in [5.74, 6) is -1.55. The molecule has 2 saturated carbocycles. The number of hydrogen-bond donors (Lipinski definition) is 0. The van der Waals surface area contributed by atoms with Crippen molar-refractivity contribution in [1.82, 2.24) is 0 Å². The fraction of sp³-hybridized carbons (Fsp3) is 1.00. The maximum Gasteiger partial charge on any atom is 0.157 e. The van der Waals surface area contributed by atoms with Crippen LogP contribution in [0.3, 0.4) is 0 Å². The van der Waals surface area contributed by atoms with Crippen LogP contribution in [0.2, 0.25) is 0 Å². The number of halogens is 4. The number of rotatable bonds is 9. The molecule has 2 nitrogen and oxygen atoms in total. The Hall–Kier alpha value is -0.360. The van der Waals surface area contributed by atoms with Crippen molar-refractivity contribution in [3.8, 4) is 0 Å². The highest BCUT2D eigenvalue weighted by Crippen LogP contribution is 2.44. The third-order valence-corrected chi connectivity index (χ3v) is 5.92. The smallest absolute Gasteiger partial charge is 0.157 e. The summed E-state index contributed by atoms with van der Waals surface area (Å²) in [6.45, 7) is 4.83. The predicted octanol–water partition coefficient (Wildman–Crippen LogP) is 5.53. The zero-order valence-electron chi connectivity index (χ0n) is 16.0. The van der Waals surface area contributed by atoms with Gasteiger partial charge in [-0.05, 0) is 50.4 Å². The van der Waals surface area contributed by atoms with Gasteiger partial charge in [-0.15, -0.1) is 0 Å². The van der Waals surface area contributed by atoms with E-state index in [1.165, 1.54) is 0 Å². The van der Waals surface area contributed by atoms with E-state index >= 15 is 0 Å². The topological polar surface area (TPSA) is 18.5 Å². The second-order valence-electron chi connectivity index (χ2n) is 7.79. The number of unbranched alkanes of at least 4 members (excludes halogenated alkanes) is 2. The van der Waals surface area contributed by atoms with E-state index in [2.05, 4.69) is 0 Å². The molecular formula is C20H34F4O2. The fourth-order valence-electron chi connectivity index (χ4n) is 4.24. The van der Waals surface area contributed by atoms with E-state index in [1.54, 1.807) is 0 Å². The van der Waals surface area contributed by atoms with Gasteiger partial charge in [-0.1, -0.05) is 26.7 Å². The van der Waals surface area contributed by atoms with E-state index in [1.807, 2.05) is 13.8 Å². The van der Waals surface area contributed by atoms with Gasteiger partial charge in [-0.2, -0.15) is 0 Å². The Kier molecular flexibility index (Phi) is 9.15. The summed E-state index contributed by atoms with van der Waals surface area (Å²) in [7, 11) is 0. The fourth-order valence-corrected chi connectivity index (χ4v) is 4.24. The normalized spacial score (nSPS) is 41.3. The van der Waals surface area contributed by atoms with Crippen LogP contribution in [0.25, 0.3) is 0 Å². The lowest BCUT2D eigenvalue weighted by Crippen LogP contribution is -2.51. The van der Waals surface area contributed by atoms with Gasteiger partial charge < -0.3 is 9.47 Å². The second kappa shape index (κ2) is 10.8. The maximum atomic E-state index is 14.7. The summed E-state index contributed by atoms with van der Waals surface area (Å²) >= 11 is 0. The minimum atomic E-state index is -1.79. The lowest BCUT2D eigenvalue weighted by atomic mass is 9.69. The molecule has 2 rings (SSSR count). The molecule has 0 amide bonds. The molecule has 0 aliphatic heterocycles. The third-order valence-electron chi connectivity index (χ3n) is 5.92. The number of alkyl halides is 4. The minimum Gasteiger partial charge on any atom is -0.375 e. The summed E-state index contributed by atoms with van der Waals surface area (Å²) in [5, 5.41) is 0. The Labute approximate surface area is 155 Å². The zero-order chi connectivity index (χ0) is 19.1. The van der Waals surface area contributed by atoms with Gasteiger partial charge in [-0.3, -0.25) is 0 Å². The highest BCUT2D eigenvalue weighted by Gasteiger charge is 2.50. The van der Waals surface area contributed by atoms with Crippen molar-refractivity contribution in [2.45, 2.75) is 102 Å². The van der Waals surface area contributed by atoms with E-state index in [9.17, 15) is 17.6 Å². The molecule has 0 saturated heterocycles. The van der Waals surface area contributed by atoms with Crippen LogP contribution in [-0.4, -0.2) is 50.1 Å². The molecule has 8 unspecified atom stereocenters. The largest absolute Gasteiger partial charge is 0.375 e. The van der Waals surface area contributed by atoms with E-state index in [-0.39, 0.29) is 0 Å². The van der Waals surface area contributed by atoms with Crippen LogP contribution in [-0.2, 0) is 9.47 Å². The number of ether oxygens (including phenoxy) is 2. The first-order valence-corrected chi connectivity index (χ1v) is 10.3. The minimum absolute atomic E-state index is 0.345. The van der Waals surface area contributed by atoms with Gasteiger partial charge >= 0.3 is 0 Å². The molecule has 2 aliphatic rings. The van der Waals surface area contributed by atoms with Crippen LogP contribution >= 0.6 is 0 Å². The Morgan fingerprint density at radius 2 is 1.00 bits per heavy atom. The molecular weight excluding hydrogens is 348 g/mol. The van der Waals surface area contributed by atoms with Gasteiger partial charge in [0.1, 0.15) is 12.3 Å². The first kappa shape index (κ1) is 21.9. The van der Waals surface area contributed by atoms with Crippen molar-refractivity contribution >= 4 is 0 Å². The summed E-state index contributed by atoms with van der Waals surface area (Å²) in [4.78, 5) is 0. The lowest BCUT2D eigenvalue weighted by molar-refractivity contribution is -0.122. The van der Waals surface area contributed by atoms with Crippen molar-refractivity contribution < 1.29 is 27.0 Å². The molecule has 2 fully saturated rings. The quantitative estimate of drug-likeness (QED) is 0.386. The van der Waals surface area contributed by atoms with Crippen LogP contribution in [0.15, 0.2) is 0 Å². The maximum absolute atomic E-state index is 14.7. The standard InChI is InChI=1S/C20H34F4O2/c1-3-5-11-25-15-9-7-13(17(21)19(15)23)14-8-10-16(20(24)18(14)22)26-12-6-4-2/h13-20H,3-12H2,1-2H3. The van der Waals surface area contributed by atoms with Gasteiger partial charge in [0.15, 0.2) is 12.3 Å². The predicted molar refractivity (Wildman–Crippen MR) is 94.3 cm³/mol. The first-order valence-electron chi connectivity index (χ1n) is 10.3. The summed E-state index contributed by atoms with van der Waals surface area (Å²) in [5.41, 5.74) is 0. The molecule has 0 aromatic rings. The zero-order valence-corrected chi connectivity index (χ0v) is 16.0. The average Bonchev–Trinajstić information content (AvgIpc) is 2.63. The van der Waals surface area contributed by atoms with Crippen LogP contribution in [0.4, 0.5) is 17.6 Å². The highest BCUT2D eigenvalue weighted by molar-refractivity contribution is 4.98. The molecule has 6 heteroatoms. The van der Waals surface area contributed by atoms with E-state index < -0.39 is 48.7 Å². The molecule has 0 bridgehead atoms. The van der Waals surface area contributed by atoms with Gasteiger partial charge in [0.05, 0.1) is 12.2 Å². The monoisotopic (exact) mass is 382 g/mol. The average molecular weight is 382 g/mol. The summed E-state index contributed by atoms with van der Waals surface area (Å²) in [6.07, 6.45) is -3.72. The molecule has 0 heterocycles. The van der Waals surface area contributed by atoms with Crippen LogP contribution < -0.4 is 0 Å². The molecule has 0 spiro atoms. The Bertz CT molecular complexity index is 362. The van der Waals surface area contributed by atoms with Crippen molar-refractivity contribution in [2.24, 2.45) is 11.8 Å². The second-order valence-corrected chi connectivity index (χ2v) is 7.79. The van der Waals surface area contributed by atoms with Crippen LogP contribution in [0.1, 0.15) is 65.2 Å². The van der Waals surface area contributed by atoms with E-state index in [0.717, 1.165) is 25.7 Å². The van der Waals surface area contributed by atoms with Crippen LogP contribution in [0.5, 0.6) is 0 Å². The van der Waals surface area contributed by atoms with E-state index in [4.69, 9.17) is 9.47 Å². The SMILES string of the molecule is CCCCOC1CCC(C2CCC(OCCCC)C(F)C2F)C(F)C1F. The Morgan fingerprint density at radius 3 is 1.35 bits per heavy atom. The molecule has 0 aromatic heterocycles. The molecule has 0 N–H and O–H groups in total. The highest BCUT2D eigenvalue weighted by atomic mass is 19.2. The van der Waals surface area contributed by atoms with Gasteiger partial charge in [0.25, 0.3) is 0 Å². The van der Waals surface area contributed by atoms with Gasteiger partial charge in [0, 0.05) is 13.2 Å². The van der Waals surface area contributed by atoms with Crippen molar-refractivity contribution in [3.05, 3.63) is 0 Å². The van der Waals surface area contributed by atoms with Gasteiger partial charge in [0.2, 0.25) is 0 Å². The van der Waals surface area contributed by atoms with Crippen LogP contribution in [0, 0.1) is 11.8 Å². The Balaban J connectivity index is 1.89. The summed E-state index contributed by atoms with van der Waals surface area (Å²) < 4.78 is 69.1. The molecule has 8 atom stereocenters. The summed E-state index contributed by atoms with van der Waals surface area (Å²) in [6, 6.07) is 0. The van der Waals surface area contributed by atoms with Crippen molar-refractivity contribution in [2.75, 3.05) is 13.2 Å². The third kappa shape index (κ3) is 5.34. The molecule has 0 aromatic carbocycles. The molecule has 0 radical (unpaired) electrons. The molecule has 2 aliphatic carbocycles. The van der Waals surface area contributed by atoms with E-state index in [0.29, 0.717) is 38.9 Å². The molecule has 26 heavy (non-hydrogen) atoms. The lowest BCUT2D eigenvalue weighted by Gasteiger charge is -2.43. The van der Waals surface area contributed by atoms with Gasteiger partial charge in [-0.25, -0.2) is 17.6 Å². The number of hydrogen-bond acceptors (Lipinski definition) is 2. The van der Waals surface area contributed by atoms with Crippen molar-refractivity contribution in [3.63, 3.8) is 0 Å². The molecule has 154 valence electrons. The first-order chi connectivity index (χ1) is 12.5. The van der Waals surface area contributed by atoms with Crippen molar-refractivity contribution in [1.29, 1.82) is 0 Å². The Morgan fingerprint density at radius 1 is 0.615 bits per heavy atom.